The maximum atomic E-state index is 13.2. The Morgan fingerprint density at radius 2 is 2.04 bits per heavy atom. The molecule has 0 fully saturated rings. The van der Waals surface area contributed by atoms with Crippen LogP contribution >= 0.6 is 11.6 Å². The highest BCUT2D eigenvalue weighted by Crippen LogP contribution is 2.24. The number of hydrogen-bond acceptors (Lipinski definition) is 4. The van der Waals surface area contributed by atoms with Crippen LogP contribution in [0.15, 0.2) is 51.7 Å². The van der Waals surface area contributed by atoms with Crippen LogP contribution in [0.2, 0.25) is 5.02 Å². The van der Waals surface area contributed by atoms with Crippen LogP contribution in [-0.2, 0) is 6.54 Å². The zero-order valence-electron chi connectivity index (χ0n) is 12.2. The van der Waals surface area contributed by atoms with Gasteiger partial charge in [-0.3, -0.25) is 0 Å². The Bertz CT molecular complexity index is 923. The van der Waals surface area contributed by atoms with Gasteiger partial charge in [-0.25, -0.2) is 9.18 Å². The van der Waals surface area contributed by atoms with E-state index in [2.05, 4.69) is 5.32 Å². The summed E-state index contributed by atoms with van der Waals surface area (Å²) in [5.74, 6) is 0.131. The van der Waals surface area contributed by atoms with Gasteiger partial charge in [0.15, 0.2) is 0 Å². The number of halogens is 2. The molecule has 0 amide bonds. The summed E-state index contributed by atoms with van der Waals surface area (Å²) in [6, 6.07) is 11.1. The summed E-state index contributed by atoms with van der Waals surface area (Å²) in [6.45, 7) is 0.371. The molecule has 0 bridgehead atoms. The van der Waals surface area contributed by atoms with Crippen molar-refractivity contribution in [1.29, 1.82) is 0 Å². The van der Waals surface area contributed by atoms with Gasteiger partial charge in [0, 0.05) is 29.8 Å². The molecule has 0 aliphatic carbocycles. The maximum Gasteiger partial charge on any atom is 0.336 e. The number of rotatable bonds is 4. The normalized spacial score (nSPS) is 10.7. The Morgan fingerprint density at radius 1 is 1.22 bits per heavy atom. The van der Waals surface area contributed by atoms with Crippen molar-refractivity contribution in [2.24, 2.45) is 0 Å². The van der Waals surface area contributed by atoms with E-state index in [1.165, 1.54) is 18.2 Å². The Hall–Kier alpha value is -2.53. The molecule has 2 aromatic carbocycles. The van der Waals surface area contributed by atoms with Gasteiger partial charge in [-0.1, -0.05) is 11.6 Å². The second-order valence-electron chi connectivity index (χ2n) is 4.94. The molecule has 0 saturated heterocycles. The fourth-order valence-corrected chi connectivity index (χ4v) is 2.47. The second-order valence-corrected chi connectivity index (χ2v) is 5.34. The fourth-order valence-electron chi connectivity index (χ4n) is 2.29. The van der Waals surface area contributed by atoms with Crippen LogP contribution in [0.25, 0.3) is 11.0 Å². The number of methoxy groups -OCH3 is 1. The topological polar surface area (TPSA) is 51.5 Å². The third-order valence-corrected chi connectivity index (χ3v) is 3.73. The number of fused-ring (bicyclic) bond motifs is 1. The zero-order chi connectivity index (χ0) is 16.4. The molecule has 0 aliphatic heterocycles. The first-order valence-corrected chi connectivity index (χ1v) is 7.24. The number of benzene rings is 2. The molecule has 4 nitrogen and oxygen atoms in total. The lowest BCUT2D eigenvalue weighted by Crippen LogP contribution is -2.06. The van der Waals surface area contributed by atoms with Crippen LogP contribution < -0.4 is 15.7 Å². The minimum Gasteiger partial charge on any atom is -0.497 e. The Labute approximate surface area is 136 Å². The fraction of sp³-hybridized carbons (Fsp3) is 0.118. The van der Waals surface area contributed by atoms with E-state index in [-0.39, 0.29) is 5.02 Å². The first kappa shape index (κ1) is 15.4. The molecular weight excluding hydrogens is 321 g/mol. The summed E-state index contributed by atoms with van der Waals surface area (Å²) in [7, 11) is 1.54. The van der Waals surface area contributed by atoms with Crippen molar-refractivity contribution in [2.75, 3.05) is 12.4 Å². The third kappa shape index (κ3) is 3.29. The number of nitrogens with one attached hydrogen (secondary N) is 1. The molecule has 3 rings (SSSR count). The first-order valence-electron chi connectivity index (χ1n) is 6.86. The minimum absolute atomic E-state index is 0.0390. The summed E-state index contributed by atoms with van der Waals surface area (Å²) in [5, 5.41) is 3.95. The summed E-state index contributed by atoms with van der Waals surface area (Å²) in [6.07, 6.45) is 0. The Kier molecular flexibility index (Phi) is 4.21. The summed E-state index contributed by atoms with van der Waals surface area (Å²) in [5.41, 5.74) is 1.43. The van der Waals surface area contributed by atoms with Crippen LogP contribution in [0.3, 0.4) is 0 Å². The molecule has 1 heterocycles. The van der Waals surface area contributed by atoms with Gasteiger partial charge < -0.3 is 14.5 Å². The van der Waals surface area contributed by atoms with Crippen LogP contribution in [0.1, 0.15) is 5.56 Å². The molecular formula is C17H13ClFNO3. The molecule has 0 saturated carbocycles. The van der Waals surface area contributed by atoms with Gasteiger partial charge in [-0.15, -0.1) is 0 Å². The van der Waals surface area contributed by atoms with Gasteiger partial charge in [0.1, 0.15) is 17.1 Å². The Balaban J connectivity index is 1.93. The van der Waals surface area contributed by atoms with Crippen LogP contribution in [0.5, 0.6) is 5.75 Å². The van der Waals surface area contributed by atoms with Crippen molar-refractivity contribution in [1.82, 2.24) is 0 Å². The van der Waals surface area contributed by atoms with Crippen molar-refractivity contribution < 1.29 is 13.5 Å². The molecule has 6 heteroatoms. The van der Waals surface area contributed by atoms with E-state index in [0.29, 0.717) is 23.6 Å². The molecule has 0 unspecified atom stereocenters. The lowest BCUT2D eigenvalue weighted by Gasteiger charge is -2.10. The van der Waals surface area contributed by atoms with E-state index < -0.39 is 11.4 Å². The second kappa shape index (κ2) is 6.30. The highest BCUT2D eigenvalue weighted by molar-refractivity contribution is 6.31. The predicted octanol–water partition coefficient (Wildman–Crippen LogP) is 4.21. The van der Waals surface area contributed by atoms with E-state index in [4.69, 9.17) is 20.8 Å². The largest absolute Gasteiger partial charge is 0.497 e. The molecule has 0 spiro atoms. The average Bonchev–Trinajstić information content (AvgIpc) is 2.54. The van der Waals surface area contributed by atoms with Crippen molar-refractivity contribution in [3.05, 3.63) is 69.3 Å². The Morgan fingerprint density at radius 3 is 2.78 bits per heavy atom. The lowest BCUT2D eigenvalue weighted by molar-refractivity contribution is 0.414. The van der Waals surface area contributed by atoms with E-state index in [1.54, 1.807) is 25.3 Å². The zero-order valence-corrected chi connectivity index (χ0v) is 13.0. The average molecular weight is 334 g/mol. The van der Waals surface area contributed by atoms with Gasteiger partial charge in [-0.05, 0) is 35.9 Å². The summed E-state index contributed by atoms with van der Waals surface area (Å²) >= 11 is 5.76. The van der Waals surface area contributed by atoms with Crippen LogP contribution in [-0.4, -0.2) is 7.11 Å². The highest BCUT2D eigenvalue weighted by Gasteiger charge is 2.08. The van der Waals surface area contributed by atoms with E-state index in [1.807, 2.05) is 6.07 Å². The minimum atomic E-state index is -0.477. The van der Waals surface area contributed by atoms with Crippen LogP contribution in [0, 0.1) is 5.82 Å². The monoisotopic (exact) mass is 333 g/mol. The first-order chi connectivity index (χ1) is 11.1. The summed E-state index contributed by atoms with van der Waals surface area (Å²) in [4.78, 5) is 11.7. The number of ether oxygens (including phenoxy) is 1. The smallest absolute Gasteiger partial charge is 0.336 e. The van der Waals surface area contributed by atoms with E-state index in [0.717, 1.165) is 10.9 Å². The molecule has 118 valence electrons. The van der Waals surface area contributed by atoms with E-state index >= 15 is 0 Å². The molecule has 1 aromatic heterocycles. The van der Waals surface area contributed by atoms with Crippen molar-refractivity contribution in [3.63, 3.8) is 0 Å². The third-order valence-electron chi connectivity index (χ3n) is 3.44. The van der Waals surface area contributed by atoms with Gasteiger partial charge >= 0.3 is 5.63 Å². The quantitative estimate of drug-likeness (QED) is 0.727. The van der Waals surface area contributed by atoms with Crippen molar-refractivity contribution in [2.45, 2.75) is 6.54 Å². The summed E-state index contributed by atoms with van der Waals surface area (Å²) < 4.78 is 23.5. The van der Waals surface area contributed by atoms with E-state index in [9.17, 15) is 9.18 Å². The van der Waals surface area contributed by atoms with Crippen molar-refractivity contribution in [3.8, 4) is 5.75 Å². The molecule has 0 aliphatic rings. The van der Waals surface area contributed by atoms with Gasteiger partial charge in [-0.2, -0.15) is 0 Å². The lowest BCUT2D eigenvalue weighted by atomic mass is 10.1. The van der Waals surface area contributed by atoms with Crippen molar-refractivity contribution >= 4 is 28.3 Å². The number of hydrogen-bond donors (Lipinski definition) is 1. The van der Waals surface area contributed by atoms with Gasteiger partial charge in [0.2, 0.25) is 0 Å². The SMILES string of the molecule is COc1ccc2c(CNc3ccc(F)c(Cl)c3)cc(=O)oc2c1. The maximum absolute atomic E-state index is 13.2. The molecule has 1 N–H and O–H groups in total. The van der Waals surface area contributed by atoms with Gasteiger partial charge in [0.25, 0.3) is 0 Å². The highest BCUT2D eigenvalue weighted by atomic mass is 35.5. The molecule has 3 aromatic rings. The number of anilines is 1. The molecule has 0 atom stereocenters. The predicted molar refractivity (Wildman–Crippen MR) is 87.8 cm³/mol. The molecule has 23 heavy (non-hydrogen) atoms. The standard InChI is InChI=1S/C17H13ClFNO3/c1-22-12-3-4-13-10(6-17(21)23-16(13)8-12)9-20-11-2-5-15(19)14(18)7-11/h2-8,20H,9H2,1H3. The van der Waals surface area contributed by atoms with Crippen LogP contribution in [0.4, 0.5) is 10.1 Å². The molecule has 0 radical (unpaired) electrons. The van der Waals surface area contributed by atoms with Gasteiger partial charge in [0.05, 0.1) is 12.1 Å².